The summed E-state index contributed by atoms with van der Waals surface area (Å²) in [4.78, 5) is 33.9. The van der Waals surface area contributed by atoms with Gasteiger partial charge in [0.1, 0.15) is 12.4 Å². The van der Waals surface area contributed by atoms with Crippen molar-refractivity contribution in [3.05, 3.63) is 35.8 Å². The first-order valence-electron chi connectivity index (χ1n) is 9.08. The molecule has 0 fully saturated rings. The fraction of sp³-hybridized carbons (Fsp3) is 0.571. The maximum absolute atomic E-state index is 11.7. The van der Waals surface area contributed by atoms with Gasteiger partial charge in [-0.1, -0.05) is 25.5 Å². The van der Waals surface area contributed by atoms with E-state index in [1.54, 1.807) is 0 Å². The molecule has 0 amide bonds. The highest BCUT2D eigenvalue weighted by Crippen LogP contribution is 2.44. The van der Waals surface area contributed by atoms with E-state index in [-0.39, 0.29) is 11.3 Å². The maximum Gasteiger partial charge on any atom is 0.307 e. The molecule has 27 heavy (non-hydrogen) atoms. The van der Waals surface area contributed by atoms with E-state index in [1.165, 1.54) is 44.9 Å². The molecular weight excluding hydrogens is 348 g/mol. The molecular formula is C21H30O6. The van der Waals surface area contributed by atoms with Gasteiger partial charge in [0.2, 0.25) is 0 Å². The molecule has 1 aliphatic rings. The van der Waals surface area contributed by atoms with Gasteiger partial charge in [-0.25, -0.2) is 0 Å². The Morgan fingerprint density at radius 1 is 1.15 bits per heavy atom. The number of hydrogen-bond donors (Lipinski definition) is 0. The number of carbonyl (C=O) groups is 3. The molecule has 0 saturated heterocycles. The Balaban J connectivity index is 3.18. The van der Waals surface area contributed by atoms with Crippen LogP contribution in [0.4, 0.5) is 0 Å². The summed E-state index contributed by atoms with van der Waals surface area (Å²) in [5.41, 5.74) is 1.73. The van der Waals surface area contributed by atoms with Crippen molar-refractivity contribution in [3.63, 3.8) is 0 Å². The van der Waals surface area contributed by atoms with Gasteiger partial charge in [-0.2, -0.15) is 0 Å². The molecule has 2 unspecified atom stereocenters. The molecule has 0 aliphatic heterocycles. The molecule has 1 aliphatic carbocycles. The fourth-order valence-electron chi connectivity index (χ4n) is 3.36. The minimum Gasteiger partial charge on any atom is -0.458 e. The molecule has 6 nitrogen and oxygen atoms in total. The third-order valence-electron chi connectivity index (χ3n) is 4.73. The van der Waals surface area contributed by atoms with Gasteiger partial charge in [0.15, 0.2) is 0 Å². The highest BCUT2D eigenvalue weighted by molar-refractivity contribution is 5.68. The van der Waals surface area contributed by atoms with Gasteiger partial charge in [0.05, 0.1) is 6.26 Å². The standard InChI is InChI=1S/C21H30O6/c1-14-8-7-10-21(5,6)19(14)12-20(27-17(4)24)18(13-26-16(3)23)9-11-25-15(2)22/h8-9,11,13,19-20H,7,10,12H2,1-6H3/b11-9+,18-13-. The minimum absolute atomic E-state index is 0.0450. The minimum atomic E-state index is -0.639. The van der Waals surface area contributed by atoms with Crippen LogP contribution in [-0.4, -0.2) is 24.0 Å². The van der Waals surface area contributed by atoms with Gasteiger partial charge in [0, 0.05) is 26.3 Å². The molecule has 150 valence electrons. The second-order valence-corrected chi connectivity index (χ2v) is 7.50. The van der Waals surface area contributed by atoms with Crippen LogP contribution in [0.25, 0.3) is 0 Å². The lowest BCUT2D eigenvalue weighted by Crippen LogP contribution is -2.33. The molecule has 0 bridgehead atoms. The van der Waals surface area contributed by atoms with Crippen LogP contribution in [0.15, 0.2) is 35.8 Å². The number of rotatable bonds is 7. The van der Waals surface area contributed by atoms with Crippen LogP contribution in [0.1, 0.15) is 60.8 Å². The number of carbonyl (C=O) groups excluding carboxylic acids is 3. The van der Waals surface area contributed by atoms with E-state index in [0.717, 1.165) is 12.8 Å². The molecule has 0 heterocycles. The summed E-state index contributed by atoms with van der Waals surface area (Å²) in [5, 5.41) is 0. The predicted molar refractivity (Wildman–Crippen MR) is 101 cm³/mol. The van der Waals surface area contributed by atoms with Crippen molar-refractivity contribution >= 4 is 17.9 Å². The quantitative estimate of drug-likeness (QED) is 0.217. The van der Waals surface area contributed by atoms with Gasteiger partial charge in [-0.3, -0.25) is 14.4 Å². The molecule has 0 spiro atoms. The van der Waals surface area contributed by atoms with Crippen molar-refractivity contribution in [1.82, 2.24) is 0 Å². The van der Waals surface area contributed by atoms with E-state index >= 15 is 0 Å². The SMILES string of the molecule is CC(=O)O/C=C(/C=C/OC(C)=O)C(CC1C(C)=CCCC1(C)C)OC(C)=O. The van der Waals surface area contributed by atoms with E-state index in [1.807, 2.05) is 0 Å². The van der Waals surface area contributed by atoms with Crippen molar-refractivity contribution in [1.29, 1.82) is 0 Å². The second kappa shape index (κ2) is 10.1. The van der Waals surface area contributed by atoms with Crippen molar-refractivity contribution in [2.75, 3.05) is 0 Å². The lowest BCUT2D eigenvalue weighted by molar-refractivity contribution is -0.145. The molecule has 0 radical (unpaired) electrons. The van der Waals surface area contributed by atoms with Crippen molar-refractivity contribution < 1.29 is 28.6 Å². The van der Waals surface area contributed by atoms with Gasteiger partial charge >= 0.3 is 17.9 Å². The first-order chi connectivity index (χ1) is 12.5. The number of ether oxygens (including phenoxy) is 3. The molecule has 0 N–H and O–H groups in total. The van der Waals surface area contributed by atoms with Gasteiger partial charge < -0.3 is 14.2 Å². The van der Waals surface area contributed by atoms with Crippen LogP contribution < -0.4 is 0 Å². The molecule has 6 heteroatoms. The van der Waals surface area contributed by atoms with Crippen LogP contribution in [-0.2, 0) is 28.6 Å². The number of hydrogen-bond acceptors (Lipinski definition) is 6. The average molecular weight is 378 g/mol. The molecule has 0 saturated carbocycles. The summed E-state index contributed by atoms with van der Waals surface area (Å²) in [6.45, 7) is 10.4. The Morgan fingerprint density at radius 3 is 2.30 bits per heavy atom. The van der Waals surface area contributed by atoms with Crippen LogP contribution in [0, 0.1) is 11.3 Å². The lowest BCUT2D eigenvalue weighted by Gasteiger charge is -2.40. The third kappa shape index (κ3) is 7.81. The normalized spacial score (nSPS) is 20.6. The third-order valence-corrected chi connectivity index (χ3v) is 4.73. The smallest absolute Gasteiger partial charge is 0.307 e. The number of allylic oxidation sites excluding steroid dienone is 2. The average Bonchev–Trinajstić information content (AvgIpc) is 2.52. The van der Waals surface area contributed by atoms with Crippen LogP contribution in [0.3, 0.4) is 0 Å². The van der Waals surface area contributed by atoms with Crippen LogP contribution >= 0.6 is 0 Å². The summed E-state index contributed by atoms with van der Waals surface area (Å²) in [5.74, 6) is -1.22. The molecule has 0 aromatic rings. The zero-order chi connectivity index (χ0) is 20.6. The Morgan fingerprint density at radius 2 is 1.78 bits per heavy atom. The molecule has 0 aromatic carbocycles. The Labute approximate surface area is 161 Å². The van der Waals surface area contributed by atoms with Crippen molar-refractivity contribution in [2.24, 2.45) is 11.3 Å². The van der Waals surface area contributed by atoms with E-state index in [2.05, 4.69) is 26.8 Å². The summed E-state index contributed by atoms with van der Waals surface area (Å²) < 4.78 is 15.4. The fourth-order valence-corrected chi connectivity index (χ4v) is 3.36. The van der Waals surface area contributed by atoms with Crippen LogP contribution in [0.2, 0.25) is 0 Å². The van der Waals surface area contributed by atoms with Gasteiger partial charge in [-0.15, -0.1) is 0 Å². The maximum atomic E-state index is 11.7. The van der Waals surface area contributed by atoms with Crippen LogP contribution in [0.5, 0.6) is 0 Å². The largest absolute Gasteiger partial charge is 0.458 e. The summed E-state index contributed by atoms with van der Waals surface area (Å²) in [6.07, 6.45) is 8.08. The van der Waals surface area contributed by atoms with E-state index in [0.29, 0.717) is 12.0 Å². The topological polar surface area (TPSA) is 78.9 Å². The molecule has 2 atom stereocenters. The number of esters is 3. The zero-order valence-electron chi connectivity index (χ0n) is 17.0. The van der Waals surface area contributed by atoms with E-state index in [9.17, 15) is 14.4 Å². The van der Waals surface area contributed by atoms with Crippen molar-refractivity contribution in [3.8, 4) is 0 Å². The second-order valence-electron chi connectivity index (χ2n) is 7.50. The zero-order valence-corrected chi connectivity index (χ0v) is 17.0. The first-order valence-corrected chi connectivity index (χ1v) is 9.08. The summed E-state index contributed by atoms with van der Waals surface area (Å²) in [6, 6.07) is 0. The Bertz CT molecular complexity index is 654. The monoisotopic (exact) mass is 378 g/mol. The predicted octanol–water partition coefficient (Wildman–Crippen LogP) is 4.21. The first kappa shape index (κ1) is 22.7. The molecule has 0 aromatic heterocycles. The van der Waals surface area contributed by atoms with Gasteiger partial charge in [0.25, 0.3) is 0 Å². The molecule has 1 rings (SSSR count). The summed E-state index contributed by atoms with van der Waals surface area (Å²) >= 11 is 0. The highest BCUT2D eigenvalue weighted by Gasteiger charge is 2.36. The summed E-state index contributed by atoms with van der Waals surface area (Å²) in [7, 11) is 0. The van der Waals surface area contributed by atoms with Crippen molar-refractivity contribution in [2.45, 2.75) is 66.9 Å². The van der Waals surface area contributed by atoms with Gasteiger partial charge in [-0.05, 0) is 43.6 Å². The highest BCUT2D eigenvalue weighted by atomic mass is 16.5. The lowest BCUT2D eigenvalue weighted by atomic mass is 9.66. The van der Waals surface area contributed by atoms with E-state index in [4.69, 9.17) is 14.2 Å². The Kier molecular flexibility index (Phi) is 8.47. The van der Waals surface area contributed by atoms with E-state index < -0.39 is 24.0 Å². The Hall–Kier alpha value is -2.37.